The summed E-state index contributed by atoms with van der Waals surface area (Å²) in [5.41, 5.74) is 0.599. The van der Waals surface area contributed by atoms with Gasteiger partial charge >= 0.3 is 0 Å². The van der Waals surface area contributed by atoms with Gasteiger partial charge in [-0.25, -0.2) is 13.6 Å². The van der Waals surface area contributed by atoms with E-state index in [0.717, 1.165) is 12.8 Å². The summed E-state index contributed by atoms with van der Waals surface area (Å²) in [6, 6.07) is 4.83. The van der Waals surface area contributed by atoms with Crippen LogP contribution in [0.4, 0.5) is 0 Å². The molecule has 18 heavy (non-hydrogen) atoms. The van der Waals surface area contributed by atoms with Gasteiger partial charge in [-0.2, -0.15) is 0 Å². The molecule has 2 N–H and O–H groups in total. The van der Waals surface area contributed by atoms with E-state index in [-0.39, 0.29) is 11.0 Å². The molecule has 0 amide bonds. The van der Waals surface area contributed by atoms with Crippen molar-refractivity contribution < 1.29 is 17.9 Å². The van der Waals surface area contributed by atoms with Gasteiger partial charge in [-0.3, -0.25) is 0 Å². The zero-order valence-corrected chi connectivity index (χ0v) is 11.1. The Morgan fingerprint density at radius 1 is 1.33 bits per heavy atom. The van der Waals surface area contributed by atoms with Crippen LogP contribution in [-0.2, 0) is 14.8 Å². The molecular formula is C12H17NO4S. The standard InChI is InChI=1S/C12H17NO4S/c1-9-8-11(2-3-12(9)18(13,14)15)17-10-4-6-16-7-5-10/h2-3,8,10H,4-7H2,1H3,(H2,13,14,15). The first-order valence-electron chi connectivity index (χ1n) is 5.84. The fourth-order valence-corrected chi connectivity index (χ4v) is 2.77. The summed E-state index contributed by atoms with van der Waals surface area (Å²) >= 11 is 0. The molecule has 5 nitrogen and oxygen atoms in total. The monoisotopic (exact) mass is 271 g/mol. The van der Waals surface area contributed by atoms with Crippen molar-refractivity contribution in [1.29, 1.82) is 0 Å². The predicted octanol–water partition coefficient (Wildman–Crippen LogP) is 1.20. The molecule has 1 aromatic rings. The van der Waals surface area contributed by atoms with Gasteiger partial charge < -0.3 is 9.47 Å². The van der Waals surface area contributed by atoms with E-state index in [1.807, 2.05) is 0 Å². The Morgan fingerprint density at radius 2 is 2.00 bits per heavy atom. The van der Waals surface area contributed by atoms with Crippen molar-refractivity contribution in [3.63, 3.8) is 0 Å². The zero-order valence-electron chi connectivity index (χ0n) is 10.3. The summed E-state index contributed by atoms with van der Waals surface area (Å²) in [6.45, 7) is 3.12. The quantitative estimate of drug-likeness (QED) is 0.896. The lowest BCUT2D eigenvalue weighted by molar-refractivity contribution is 0.0255. The Labute approximate surface area is 107 Å². The minimum absolute atomic E-state index is 0.137. The first-order chi connectivity index (χ1) is 8.47. The molecule has 1 aliphatic heterocycles. The van der Waals surface area contributed by atoms with Crippen LogP contribution in [0.15, 0.2) is 23.1 Å². The van der Waals surface area contributed by atoms with E-state index >= 15 is 0 Å². The smallest absolute Gasteiger partial charge is 0.238 e. The Bertz CT molecular complexity index is 521. The lowest BCUT2D eigenvalue weighted by Crippen LogP contribution is -2.26. The van der Waals surface area contributed by atoms with E-state index in [1.54, 1.807) is 19.1 Å². The van der Waals surface area contributed by atoms with Crippen LogP contribution in [0.1, 0.15) is 18.4 Å². The zero-order chi connectivity index (χ0) is 13.2. The van der Waals surface area contributed by atoms with E-state index in [2.05, 4.69) is 0 Å². The van der Waals surface area contributed by atoms with Crippen molar-refractivity contribution in [1.82, 2.24) is 0 Å². The minimum atomic E-state index is -3.66. The Morgan fingerprint density at radius 3 is 2.56 bits per heavy atom. The molecule has 1 aliphatic rings. The van der Waals surface area contributed by atoms with Gasteiger partial charge in [0.2, 0.25) is 10.0 Å². The van der Waals surface area contributed by atoms with E-state index in [0.29, 0.717) is 24.5 Å². The third-order valence-electron chi connectivity index (χ3n) is 2.92. The van der Waals surface area contributed by atoms with Crippen molar-refractivity contribution in [2.75, 3.05) is 13.2 Å². The number of hydrogen-bond donors (Lipinski definition) is 1. The summed E-state index contributed by atoms with van der Waals surface area (Å²) in [5, 5.41) is 5.11. The third-order valence-corrected chi connectivity index (χ3v) is 4.00. The fraction of sp³-hybridized carbons (Fsp3) is 0.500. The van der Waals surface area contributed by atoms with Crippen LogP contribution in [-0.4, -0.2) is 27.7 Å². The van der Waals surface area contributed by atoms with Crippen LogP contribution in [0, 0.1) is 6.92 Å². The number of ether oxygens (including phenoxy) is 2. The summed E-state index contributed by atoms with van der Waals surface area (Å²) < 4.78 is 33.6. The molecular weight excluding hydrogens is 254 g/mol. The van der Waals surface area contributed by atoms with Gasteiger partial charge in [-0.1, -0.05) is 0 Å². The topological polar surface area (TPSA) is 78.6 Å². The van der Waals surface area contributed by atoms with Gasteiger partial charge in [0.25, 0.3) is 0 Å². The maximum atomic E-state index is 11.3. The van der Waals surface area contributed by atoms with Crippen molar-refractivity contribution in [3.8, 4) is 5.75 Å². The first-order valence-corrected chi connectivity index (χ1v) is 7.39. The first kappa shape index (κ1) is 13.3. The predicted molar refractivity (Wildman–Crippen MR) is 67.0 cm³/mol. The number of sulfonamides is 1. The lowest BCUT2D eigenvalue weighted by atomic mass is 10.1. The molecule has 0 bridgehead atoms. The number of benzene rings is 1. The van der Waals surface area contributed by atoms with Crippen LogP contribution >= 0.6 is 0 Å². The number of nitrogens with two attached hydrogens (primary N) is 1. The molecule has 1 fully saturated rings. The molecule has 1 aromatic carbocycles. The van der Waals surface area contributed by atoms with Gasteiger partial charge in [0.1, 0.15) is 11.9 Å². The Balaban J connectivity index is 2.13. The van der Waals surface area contributed by atoms with Crippen LogP contribution < -0.4 is 9.88 Å². The highest BCUT2D eigenvalue weighted by Crippen LogP contribution is 2.23. The normalized spacial score (nSPS) is 17.7. The highest BCUT2D eigenvalue weighted by molar-refractivity contribution is 7.89. The van der Waals surface area contributed by atoms with E-state index in [9.17, 15) is 8.42 Å². The van der Waals surface area contributed by atoms with Crippen LogP contribution in [0.5, 0.6) is 5.75 Å². The number of aryl methyl sites for hydroxylation is 1. The maximum absolute atomic E-state index is 11.3. The van der Waals surface area contributed by atoms with Crippen molar-refractivity contribution in [2.24, 2.45) is 5.14 Å². The molecule has 0 spiro atoms. The van der Waals surface area contributed by atoms with Crippen molar-refractivity contribution in [3.05, 3.63) is 23.8 Å². The fourth-order valence-electron chi connectivity index (χ4n) is 2.00. The molecule has 0 unspecified atom stereocenters. The van der Waals surface area contributed by atoms with E-state index < -0.39 is 10.0 Å². The van der Waals surface area contributed by atoms with Gasteiger partial charge in [-0.15, -0.1) is 0 Å². The van der Waals surface area contributed by atoms with Crippen LogP contribution in [0.25, 0.3) is 0 Å². The summed E-state index contributed by atoms with van der Waals surface area (Å²) in [7, 11) is -3.66. The summed E-state index contributed by atoms with van der Waals surface area (Å²) in [5.74, 6) is 0.673. The van der Waals surface area contributed by atoms with Crippen LogP contribution in [0.2, 0.25) is 0 Å². The van der Waals surface area contributed by atoms with Crippen molar-refractivity contribution in [2.45, 2.75) is 30.8 Å². The second-order valence-electron chi connectivity index (χ2n) is 4.40. The lowest BCUT2D eigenvalue weighted by Gasteiger charge is -2.23. The van der Waals surface area contributed by atoms with E-state index in [4.69, 9.17) is 14.6 Å². The molecule has 6 heteroatoms. The molecule has 100 valence electrons. The molecule has 0 aliphatic carbocycles. The highest BCUT2D eigenvalue weighted by atomic mass is 32.2. The Hall–Kier alpha value is -1.11. The molecule has 0 aromatic heterocycles. The molecule has 1 saturated heterocycles. The second kappa shape index (κ2) is 5.26. The average molecular weight is 271 g/mol. The van der Waals surface area contributed by atoms with Gasteiger partial charge in [0.05, 0.1) is 18.1 Å². The van der Waals surface area contributed by atoms with Gasteiger partial charge in [0.15, 0.2) is 0 Å². The highest BCUT2D eigenvalue weighted by Gasteiger charge is 2.17. The summed E-state index contributed by atoms with van der Waals surface area (Å²) in [4.78, 5) is 0.141. The van der Waals surface area contributed by atoms with E-state index in [1.165, 1.54) is 6.07 Å². The minimum Gasteiger partial charge on any atom is -0.490 e. The number of primary sulfonamides is 1. The van der Waals surface area contributed by atoms with Gasteiger partial charge in [-0.05, 0) is 30.7 Å². The molecule has 1 heterocycles. The van der Waals surface area contributed by atoms with Gasteiger partial charge in [0, 0.05) is 12.8 Å². The maximum Gasteiger partial charge on any atom is 0.238 e. The summed E-state index contributed by atoms with van der Waals surface area (Å²) in [6.07, 6.45) is 1.85. The van der Waals surface area contributed by atoms with Crippen LogP contribution in [0.3, 0.4) is 0 Å². The number of hydrogen-bond acceptors (Lipinski definition) is 4. The van der Waals surface area contributed by atoms with Crippen molar-refractivity contribution >= 4 is 10.0 Å². The largest absolute Gasteiger partial charge is 0.490 e. The number of rotatable bonds is 3. The second-order valence-corrected chi connectivity index (χ2v) is 5.93. The third kappa shape index (κ3) is 3.22. The molecule has 0 radical (unpaired) electrons. The average Bonchev–Trinajstić information content (AvgIpc) is 2.28. The molecule has 0 saturated carbocycles. The Kier molecular flexibility index (Phi) is 3.89. The molecule has 2 rings (SSSR count). The molecule has 0 atom stereocenters. The SMILES string of the molecule is Cc1cc(OC2CCOCC2)ccc1S(N)(=O)=O.